The fraction of sp³-hybridized carbons (Fsp3) is 0.444. The molecule has 0 saturated carbocycles. The van der Waals surface area contributed by atoms with Crippen LogP contribution in [0, 0.1) is 0 Å². The summed E-state index contributed by atoms with van der Waals surface area (Å²) in [6.07, 6.45) is 0. The number of aromatic nitrogens is 2. The third-order valence-corrected chi connectivity index (χ3v) is 2.45. The van der Waals surface area contributed by atoms with Gasteiger partial charge in [0, 0.05) is 13.1 Å². The molecular weight excluding hydrogens is 253 g/mol. The zero-order valence-corrected chi connectivity index (χ0v) is 10.2. The van der Waals surface area contributed by atoms with Crippen LogP contribution in [-0.4, -0.2) is 45.8 Å². The number of likely N-dealkylation sites (N-methyl/N-ethyl adjacent to an activating group) is 1. The van der Waals surface area contributed by atoms with E-state index in [0.29, 0.717) is 6.54 Å². The Morgan fingerprint density at radius 1 is 1.50 bits per heavy atom. The summed E-state index contributed by atoms with van der Waals surface area (Å²) in [5.74, 6) is -0.321. The topological polar surface area (TPSA) is 66.3 Å². The van der Waals surface area contributed by atoms with Crippen LogP contribution in [0.3, 0.4) is 0 Å². The van der Waals surface area contributed by atoms with E-state index in [1.807, 2.05) is 0 Å². The van der Waals surface area contributed by atoms with Crippen molar-refractivity contribution < 1.29 is 9.90 Å². The lowest BCUT2D eigenvalue weighted by molar-refractivity contribution is 0.0731. The van der Waals surface area contributed by atoms with E-state index in [0.717, 1.165) is 0 Å². The lowest BCUT2D eigenvalue weighted by atomic mass is 10.2. The summed E-state index contributed by atoms with van der Waals surface area (Å²) in [5, 5.41) is 16.0. The molecule has 0 aliphatic heterocycles. The summed E-state index contributed by atoms with van der Waals surface area (Å²) in [6.45, 7) is 2.41. The Kier molecular flexibility index (Phi) is 4.92. The maximum absolute atomic E-state index is 11.9. The summed E-state index contributed by atoms with van der Waals surface area (Å²) < 4.78 is 0. The lowest BCUT2D eigenvalue weighted by Gasteiger charge is -2.19. The number of hydrogen-bond acceptors (Lipinski definition) is 4. The number of halogens is 2. The standard InChI is InChI=1S/C9H11Cl2N3O2/c1-2-14(3-4-15)9(16)6-5-7(10)12-13-8(6)11/h5,15H,2-4H2,1H3. The van der Waals surface area contributed by atoms with E-state index in [1.54, 1.807) is 6.92 Å². The highest BCUT2D eigenvalue weighted by atomic mass is 35.5. The van der Waals surface area contributed by atoms with Crippen LogP contribution in [0.2, 0.25) is 10.3 Å². The molecule has 1 heterocycles. The predicted octanol–water partition coefficient (Wildman–Crippen LogP) is 1.24. The van der Waals surface area contributed by atoms with Gasteiger partial charge in [-0.25, -0.2) is 0 Å². The zero-order chi connectivity index (χ0) is 12.1. The molecule has 0 saturated heterocycles. The van der Waals surface area contributed by atoms with Gasteiger partial charge in [-0.15, -0.1) is 10.2 Å². The normalized spacial score (nSPS) is 10.2. The molecule has 0 spiro atoms. The monoisotopic (exact) mass is 263 g/mol. The van der Waals surface area contributed by atoms with E-state index in [4.69, 9.17) is 28.3 Å². The average molecular weight is 264 g/mol. The van der Waals surface area contributed by atoms with Crippen molar-refractivity contribution in [1.82, 2.24) is 15.1 Å². The molecule has 0 aromatic carbocycles. The van der Waals surface area contributed by atoms with Gasteiger partial charge in [0.15, 0.2) is 10.3 Å². The fourth-order valence-electron chi connectivity index (χ4n) is 1.20. The number of carbonyl (C=O) groups excluding carboxylic acids is 1. The third kappa shape index (κ3) is 3.04. The van der Waals surface area contributed by atoms with Crippen molar-refractivity contribution in [2.75, 3.05) is 19.7 Å². The number of aliphatic hydroxyl groups is 1. The molecule has 16 heavy (non-hydrogen) atoms. The Bertz CT molecular complexity index is 387. The first-order valence-electron chi connectivity index (χ1n) is 4.69. The maximum Gasteiger partial charge on any atom is 0.257 e. The smallest absolute Gasteiger partial charge is 0.257 e. The van der Waals surface area contributed by atoms with Crippen molar-refractivity contribution in [3.8, 4) is 0 Å². The van der Waals surface area contributed by atoms with Gasteiger partial charge in [0.05, 0.1) is 12.2 Å². The van der Waals surface area contributed by atoms with E-state index in [-0.39, 0.29) is 34.9 Å². The summed E-state index contributed by atoms with van der Waals surface area (Å²) in [5.41, 5.74) is 0.192. The van der Waals surface area contributed by atoms with E-state index < -0.39 is 0 Å². The van der Waals surface area contributed by atoms with Crippen LogP contribution in [0.1, 0.15) is 17.3 Å². The highest BCUT2D eigenvalue weighted by molar-refractivity contribution is 6.34. The molecular formula is C9H11Cl2N3O2. The van der Waals surface area contributed by atoms with Gasteiger partial charge in [-0.2, -0.15) is 0 Å². The third-order valence-electron chi connectivity index (χ3n) is 1.99. The molecule has 0 radical (unpaired) electrons. The van der Waals surface area contributed by atoms with Crippen LogP contribution in [0.25, 0.3) is 0 Å². The van der Waals surface area contributed by atoms with Crippen LogP contribution < -0.4 is 0 Å². The Morgan fingerprint density at radius 3 is 2.75 bits per heavy atom. The van der Waals surface area contributed by atoms with Crippen LogP contribution in [-0.2, 0) is 0 Å². The highest BCUT2D eigenvalue weighted by Gasteiger charge is 2.18. The number of aliphatic hydroxyl groups excluding tert-OH is 1. The second-order valence-corrected chi connectivity index (χ2v) is 3.73. The van der Waals surface area contributed by atoms with Crippen molar-refractivity contribution in [2.45, 2.75) is 6.92 Å². The van der Waals surface area contributed by atoms with Crippen LogP contribution in [0.5, 0.6) is 0 Å². The summed E-state index contributed by atoms with van der Waals surface area (Å²) in [7, 11) is 0. The molecule has 1 rings (SSSR count). The second-order valence-electron chi connectivity index (χ2n) is 2.98. The van der Waals surface area contributed by atoms with Gasteiger partial charge in [-0.3, -0.25) is 4.79 Å². The minimum absolute atomic E-state index is 0.00536. The molecule has 0 unspecified atom stereocenters. The average Bonchev–Trinajstić information content (AvgIpc) is 2.28. The molecule has 0 bridgehead atoms. The largest absolute Gasteiger partial charge is 0.395 e. The van der Waals surface area contributed by atoms with Gasteiger partial charge in [-0.05, 0) is 13.0 Å². The Balaban J connectivity index is 2.98. The Hall–Kier alpha value is -0.910. The Morgan fingerprint density at radius 2 is 2.19 bits per heavy atom. The van der Waals surface area contributed by atoms with Gasteiger partial charge in [0.2, 0.25) is 0 Å². The SMILES string of the molecule is CCN(CCO)C(=O)c1cc(Cl)nnc1Cl. The Labute approximate surface area is 103 Å². The molecule has 0 aliphatic rings. The van der Waals surface area contributed by atoms with Gasteiger partial charge in [-0.1, -0.05) is 23.2 Å². The van der Waals surface area contributed by atoms with Crippen molar-refractivity contribution in [3.05, 3.63) is 21.9 Å². The minimum Gasteiger partial charge on any atom is -0.395 e. The highest BCUT2D eigenvalue weighted by Crippen LogP contribution is 2.17. The van der Waals surface area contributed by atoms with Crippen LogP contribution in [0.15, 0.2) is 6.07 Å². The van der Waals surface area contributed by atoms with Gasteiger partial charge in [0.1, 0.15) is 0 Å². The van der Waals surface area contributed by atoms with E-state index in [1.165, 1.54) is 11.0 Å². The fourth-order valence-corrected chi connectivity index (χ4v) is 1.52. The number of carbonyl (C=O) groups is 1. The molecule has 0 aliphatic carbocycles. The number of hydrogen-bond donors (Lipinski definition) is 1. The zero-order valence-electron chi connectivity index (χ0n) is 8.65. The first kappa shape index (κ1) is 13.2. The molecule has 1 amide bonds. The first-order valence-corrected chi connectivity index (χ1v) is 5.44. The molecule has 1 aromatic rings. The molecule has 0 atom stereocenters. The summed E-state index contributed by atoms with van der Waals surface area (Å²) in [6, 6.07) is 1.36. The minimum atomic E-state index is -0.321. The van der Waals surface area contributed by atoms with Crippen molar-refractivity contribution >= 4 is 29.1 Å². The quantitative estimate of drug-likeness (QED) is 0.888. The van der Waals surface area contributed by atoms with Gasteiger partial charge >= 0.3 is 0 Å². The maximum atomic E-state index is 11.9. The number of rotatable bonds is 4. The molecule has 88 valence electrons. The van der Waals surface area contributed by atoms with E-state index in [9.17, 15) is 4.79 Å². The first-order chi connectivity index (χ1) is 7.60. The number of nitrogens with zero attached hydrogens (tertiary/aromatic N) is 3. The van der Waals surface area contributed by atoms with Crippen molar-refractivity contribution in [1.29, 1.82) is 0 Å². The molecule has 1 N–H and O–H groups in total. The van der Waals surface area contributed by atoms with Crippen molar-refractivity contribution in [2.24, 2.45) is 0 Å². The van der Waals surface area contributed by atoms with Gasteiger partial charge in [0.25, 0.3) is 5.91 Å². The van der Waals surface area contributed by atoms with E-state index >= 15 is 0 Å². The lowest BCUT2D eigenvalue weighted by Crippen LogP contribution is -2.33. The second kappa shape index (κ2) is 5.98. The molecule has 0 fully saturated rings. The summed E-state index contributed by atoms with van der Waals surface area (Å²) >= 11 is 11.4. The molecule has 5 nitrogen and oxygen atoms in total. The van der Waals surface area contributed by atoms with E-state index in [2.05, 4.69) is 10.2 Å². The number of amides is 1. The predicted molar refractivity (Wildman–Crippen MR) is 60.7 cm³/mol. The van der Waals surface area contributed by atoms with Crippen LogP contribution >= 0.6 is 23.2 Å². The molecule has 7 heteroatoms. The van der Waals surface area contributed by atoms with Crippen molar-refractivity contribution in [3.63, 3.8) is 0 Å². The molecule has 1 aromatic heterocycles. The summed E-state index contributed by atoms with van der Waals surface area (Å²) in [4.78, 5) is 13.4. The van der Waals surface area contributed by atoms with Gasteiger partial charge < -0.3 is 10.0 Å². The van der Waals surface area contributed by atoms with Crippen LogP contribution in [0.4, 0.5) is 0 Å².